The van der Waals surface area contributed by atoms with Crippen LogP contribution in [0.1, 0.15) is 32.1 Å². The lowest BCUT2D eigenvalue weighted by molar-refractivity contribution is -0.538. The van der Waals surface area contributed by atoms with Crippen molar-refractivity contribution in [3.05, 3.63) is 0 Å². The zero-order valence-electron chi connectivity index (χ0n) is 8.05. The third kappa shape index (κ3) is 1.47. The normalized spacial score (nSPS) is 25.2. The molecule has 2 heteroatoms. The molecule has 0 bridgehead atoms. The minimum Gasteiger partial charge on any atom is -0.268 e. The van der Waals surface area contributed by atoms with Crippen LogP contribution in [0.2, 0.25) is 0 Å². The molecule has 0 aromatic rings. The number of hydrogen-bond acceptors (Lipinski definition) is 1. The molecule has 2 aliphatic heterocycles. The SMILES string of the molecule is CN1CCC[N+]2=C1CCCCC2. The highest BCUT2D eigenvalue weighted by atomic mass is 15.2. The summed E-state index contributed by atoms with van der Waals surface area (Å²) in [5.74, 6) is 1.61. The van der Waals surface area contributed by atoms with Gasteiger partial charge < -0.3 is 0 Å². The average Bonchev–Trinajstić information content (AvgIpc) is 2.30. The average molecular weight is 167 g/mol. The highest BCUT2D eigenvalue weighted by Crippen LogP contribution is 2.13. The molecule has 0 spiro atoms. The maximum atomic E-state index is 2.59. The van der Waals surface area contributed by atoms with Gasteiger partial charge in [-0.25, -0.2) is 0 Å². The van der Waals surface area contributed by atoms with E-state index in [0.29, 0.717) is 0 Å². The molecule has 0 amide bonds. The van der Waals surface area contributed by atoms with Crippen LogP contribution in [0.4, 0.5) is 0 Å². The zero-order chi connectivity index (χ0) is 8.39. The van der Waals surface area contributed by atoms with Crippen LogP contribution in [-0.4, -0.2) is 42.0 Å². The van der Waals surface area contributed by atoms with Crippen molar-refractivity contribution in [1.82, 2.24) is 4.90 Å². The van der Waals surface area contributed by atoms with Crippen molar-refractivity contribution in [2.45, 2.75) is 32.1 Å². The van der Waals surface area contributed by atoms with Crippen molar-refractivity contribution >= 4 is 5.84 Å². The topological polar surface area (TPSA) is 6.25 Å². The summed E-state index contributed by atoms with van der Waals surface area (Å²) in [5, 5.41) is 0. The molecule has 2 rings (SSSR count). The number of hydrogen-bond donors (Lipinski definition) is 0. The highest BCUT2D eigenvalue weighted by Gasteiger charge is 2.24. The van der Waals surface area contributed by atoms with Crippen molar-refractivity contribution < 1.29 is 4.58 Å². The maximum absolute atomic E-state index is 2.59. The zero-order valence-corrected chi connectivity index (χ0v) is 8.05. The first kappa shape index (κ1) is 8.09. The molecular formula is C10H19N2+. The van der Waals surface area contributed by atoms with E-state index in [4.69, 9.17) is 0 Å². The molecule has 0 saturated carbocycles. The summed E-state index contributed by atoms with van der Waals surface area (Å²) in [5.41, 5.74) is 0. The Labute approximate surface area is 74.9 Å². The van der Waals surface area contributed by atoms with Crippen LogP contribution in [-0.2, 0) is 0 Å². The number of nitrogens with zero attached hydrogens (tertiary/aromatic N) is 2. The molecule has 0 aromatic carbocycles. The van der Waals surface area contributed by atoms with Crippen LogP contribution >= 0.6 is 0 Å². The van der Waals surface area contributed by atoms with Crippen molar-refractivity contribution in [2.24, 2.45) is 0 Å². The van der Waals surface area contributed by atoms with Gasteiger partial charge in [-0.3, -0.25) is 9.48 Å². The van der Waals surface area contributed by atoms with Gasteiger partial charge in [0.15, 0.2) is 0 Å². The van der Waals surface area contributed by atoms with Crippen LogP contribution in [0, 0.1) is 0 Å². The van der Waals surface area contributed by atoms with Crippen LogP contribution in [0.25, 0.3) is 0 Å². The molecule has 0 radical (unpaired) electrons. The van der Waals surface area contributed by atoms with E-state index in [2.05, 4.69) is 16.5 Å². The molecule has 0 unspecified atom stereocenters. The second-order valence-electron chi connectivity index (χ2n) is 3.99. The second kappa shape index (κ2) is 3.46. The Morgan fingerprint density at radius 1 is 1.08 bits per heavy atom. The van der Waals surface area contributed by atoms with Crippen molar-refractivity contribution in [3.8, 4) is 0 Å². The van der Waals surface area contributed by atoms with Gasteiger partial charge in [0.1, 0.15) is 0 Å². The standard InChI is InChI=1S/C10H19N2/c1-11-7-5-9-12-8-4-2-3-6-10(11)12/h2-9H2,1H3/q+1. The Hall–Kier alpha value is -0.530. The second-order valence-corrected chi connectivity index (χ2v) is 3.99. The highest BCUT2D eigenvalue weighted by molar-refractivity contribution is 5.77. The van der Waals surface area contributed by atoms with E-state index in [1.807, 2.05) is 0 Å². The smallest absolute Gasteiger partial charge is 0.246 e. The lowest BCUT2D eigenvalue weighted by atomic mass is 10.2. The Morgan fingerprint density at radius 2 is 1.92 bits per heavy atom. The molecule has 2 heterocycles. The van der Waals surface area contributed by atoms with Crippen LogP contribution in [0.5, 0.6) is 0 Å². The van der Waals surface area contributed by atoms with Gasteiger partial charge in [0.25, 0.3) is 0 Å². The van der Waals surface area contributed by atoms with Gasteiger partial charge in [-0.2, -0.15) is 0 Å². The lowest BCUT2D eigenvalue weighted by Gasteiger charge is -2.22. The monoisotopic (exact) mass is 167 g/mol. The lowest BCUT2D eigenvalue weighted by Crippen LogP contribution is -2.41. The molecule has 0 aliphatic carbocycles. The maximum Gasteiger partial charge on any atom is 0.246 e. The Balaban J connectivity index is 2.17. The summed E-state index contributed by atoms with van der Waals surface area (Å²) in [7, 11) is 2.24. The summed E-state index contributed by atoms with van der Waals surface area (Å²) in [6.45, 7) is 3.88. The van der Waals surface area contributed by atoms with E-state index in [-0.39, 0.29) is 0 Å². The summed E-state index contributed by atoms with van der Waals surface area (Å²) in [6.07, 6.45) is 6.89. The molecule has 0 N–H and O–H groups in total. The fourth-order valence-electron chi connectivity index (χ4n) is 2.35. The molecule has 0 fully saturated rings. The molecular weight excluding hydrogens is 148 g/mol. The van der Waals surface area contributed by atoms with Crippen molar-refractivity contribution in [2.75, 3.05) is 26.7 Å². The molecule has 68 valence electrons. The predicted molar refractivity (Wildman–Crippen MR) is 50.7 cm³/mol. The Bertz CT molecular complexity index is 196. The predicted octanol–water partition coefficient (Wildman–Crippen LogP) is 1.31. The molecule has 0 saturated heterocycles. The fraction of sp³-hybridized carbons (Fsp3) is 0.900. The summed E-state index contributed by atoms with van der Waals surface area (Å²) >= 11 is 0. The minimum atomic E-state index is 1.27. The quantitative estimate of drug-likeness (QED) is 0.493. The van der Waals surface area contributed by atoms with E-state index in [1.54, 1.807) is 5.84 Å². The van der Waals surface area contributed by atoms with Crippen molar-refractivity contribution in [1.29, 1.82) is 0 Å². The summed E-state index contributed by atoms with van der Waals surface area (Å²) in [6, 6.07) is 0. The van der Waals surface area contributed by atoms with Gasteiger partial charge >= 0.3 is 0 Å². The van der Waals surface area contributed by atoms with Crippen molar-refractivity contribution in [3.63, 3.8) is 0 Å². The van der Waals surface area contributed by atoms with E-state index in [9.17, 15) is 0 Å². The Morgan fingerprint density at radius 3 is 2.83 bits per heavy atom. The number of amidine groups is 1. The van der Waals surface area contributed by atoms with Gasteiger partial charge in [-0.05, 0) is 19.3 Å². The van der Waals surface area contributed by atoms with E-state index < -0.39 is 0 Å². The molecule has 2 nitrogen and oxygen atoms in total. The third-order valence-corrected chi connectivity index (χ3v) is 3.06. The third-order valence-electron chi connectivity index (χ3n) is 3.06. The van der Waals surface area contributed by atoms with Crippen LogP contribution in [0.15, 0.2) is 0 Å². The first-order valence-corrected chi connectivity index (χ1v) is 5.20. The molecule has 0 aromatic heterocycles. The molecule has 12 heavy (non-hydrogen) atoms. The summed E-state index contributed by atoms with van der Waals surface area (Å²) in [4.78, 5) is 2.45. The van der Waals surface area contributed by atoms with E-state index in [1.165, 1.54) is 51.7 Å². The van der Waals surface area contributed by atoms with Gasteiger partial charge in [0.05, 0.1) is 26.7 Å². The minimum absolute atomic E-state index is 1.27. The van der Waals surface area contributed by atoms with Gasteiger partial charge in [0, 0.05) is 12.8 Å². The van der Waals surface area contributed by atoms with E-state index >= 15 is 0 Å². The van der Waals surface area contributed by atoms with Gasteiger partial charge in [0.2, 0.25) is 5.84 Å². The summed E-state index contributed by atoms with van der Waals surface area (Å²) < 4.78 is 2.59. The van der Waals surface area contributed by atoms with Crippen LogP contribution < -0.4 is 0 Å². The first-order valence-electron chi connectivity index (χ1n) is 5.20. The van der Waals surface area contributed by atoms with Gasteiger partial charge in [-0.1, -0.05) is 0 Å². The Kier molecular flexibility index (Phi) is 2.33. The first-order chi connectivity index (χ1) is 5.88. The fourth-order valence-corrected chi connectivity index (χ4v) is 2.35. The molecule has 0 atom stereocenters. The largest absolute Gasteiger partial charge is 0.268 e. The molecule has 2 aliphatic rings. The number of rotatable bonds is 0. The van der Waals surface area contributed by atoms with Crippen LogP contribution in [0.3, 0.4) is 0 Å². The van der Waals surface area contributed by atoms with E-state index in [0.717, 1.165) is 0 Å². The van der Waals surface area contributed by atoms with Gasteiger partial charge in [-0.15, -0.1) is 0 Å².